The molecule has 0 aromatic heterocycles. The third-order valence-electron chi connectivity index (χ3n) is 5.70. The number of amides is 1. The maximum Gasteiger partial charge on any atom is 0.573 e. The molecule has 2 aliphatic carbocycles. The number of nitrogens with zero attached hydrogens (tertiary/aromatic N) is 1. The Hall–Kier alpha value is -1.72. The topological polar surface area (TPSA) is 74.8 Å². The van der Waals surface area contributed by atoms with Crippen molar-refractivity contribution in [2.24, 2.45) is 10.9 Å². The predicted octanol–water partition coefficient (Wildman–Crippen LogP) is 4.31. The molecule has 2 aliphatic rings. The predicted molar refractivity (Wildman–Crippen MR) is 128 cm³/mol. The van der Waals surface area contributed by atoms with E-state index in [1.165, 1.54) is 12.1 Å². The molecule has 0 aliphatic heterocycles. The van der Waals surface area contributed by atoms with Gasteiger partial charge < -0.3 is 20.7 Å². The molecule has 4 atom stereocenters. The van der Waals surface area contributed by atoms with E-state index in [-0.39, 0.29) is 65.6 Å². The molecule has 0 heterocycles. The second-order valence-electron chi connectivity index (χ2n) is 8.62. The number of benzene rings is 1. The normalized spacial score (nSPS) is 25.5. The van der Waals surface area contributed by atoms with Gasteiger partial charge in [0.05, 0.1) is 0 Å². The lowest BCUT2D eigenvalue weighted by molar-refractivity contribution is -0.274. The summed E-state index contributed by atoms with van der Waals surface area (Å²) in [5.74, 6) is 0.447. The van der Waals surface area contributed by atoms with E-state index < -0.39 is 6.36 Å². The zero-order chi connectivity index (χ0) is 22.6. The molecule has 2 fully saturated rings. The van der Waals surface area contributed by atoms with Gasteiger partial charge in [0, 0.05) is 37.0 Å². The number of hydrogen-bond acceptors (Lipinski definition) is 3. The van der Waals surface area contributed by atoms with Gasteiger partial charge in [-0.25, -0.2) is 0 Å². The van der Waals surface area contributed by atoms with Gasteiger partial charge in [-0.05, 0) is 51.2 Å². The summed E-state index contributed by atoms with van der Waals surface area (Å²) in [5, 5.41) is 9.68. The van der Waals surface area contributed by atoms with E-state index in [0.717, 1.165) is 25.7 Å². The Morgan fingerprint density at radius 2 is 1.88 bits per heavy atom. The second kappa shape index (κ2) is 11.4. The van der Waals surface area contributed by atoms with Crippen molar-refractivity contribution in [1.82, 2.24) is 16.0 Å². The standard InChI is InChI=1S/C22H31F3N4O2.HI/c1-13(2)27-20(30)14-7-6-8-15(11-14)28-21(26-3)29-18-12-17(18)16-9-4-5-10-19(16)31-22(23,24)25;/h4-5,9-10,13-15,17-18H,6-8,11-12H2,1-3H3,(H,27,30)(H2,26,28,29);1H. The van der Waals surface area contributed by atoms with Crippen LogP contribution in [0.4, 0.5) is 13.2 Å². The summed E-state index contributed by atoms with van der Waals surface area (Å²) in [6, 6.07) is 6.48. The maximum atomic E-state index is 12.7. The molecule has 0 saturated heterocycles. The monoisotopic (exact) mass is 568 g/mol. The number of carbonyl (C=O) groups is 1. The summed E-state index contributed by atoms with van der Waals surface area (Å²) >= 11 is 0. The van der Waals surface area contributed by atoms with Crippen molar-refractivity contribution < 1.29 is 22.7 Å². The first-order valence-corrected chi connectivity index (χ1v) is 10.8. The highest BCUT2D eigenvalue weighted by Gasteiger charge is 2.42. The van der Waals surface area contributed by atoms with E-state index in [1.807, 2.05) is 13.8 Å². The minimum absolute atomic E-state index is 0. The third-order valence-corrected chi connectivity index (χ3v) is 5.70. The lowest BCUT2D eigenvalue weighted by Crippen LogP contribution is -2.48. The average molecular weight is 568 g/mol. The summed E-state index contributed by atoms with van der Waals surface area (Å²) < 4.78 is 42.3. The van der Waals surface area contributed by atoms with Crippen molar-refractivity contribution in [2.75, 3.05) is 7.05 Å². The van der Waals surface area contributed by atoms with Gasteiger partial charge in [0.25, 0.3) is 0 Å². The summed E-state index contributed by atoms with van der Waals surface area (Å²) in [6.45, 7) is 3.90. The highest BCUT2D eigenvalue weighted by atomic mass is 127. The number of ether oxygens (including phenoxy) is 1. The lowest BCUT2D eigenvalue weighted by atomic mass is 9.85. The van der Waals surface area contributed by atoms with Crippen LogP contribution in [-0.4, -0.2) is 43.4 Å². The van der Waals surface area contributed by atoms with Crippen molar-refractivity contribution in [3.05, 3.63) is 29.8 Å². The van der Waals surface area contributed by atoms with E-state index in [9.17, 15) is 18.0 Å². The van der Waals surface area contributed by atoms with Gasteiger partial charge in [-0.2, -0.15) is 0 Å². The molecule has 180 valence electrons. The van der Waals surface area contributed by atoms with Gasteiger partial charge in [0.15, 0.2) is 5.96 Å². The minimum atomic E-state index is -4.72. The molecule has 3 N–H and O–H groups in total. The highest BCUT2D eigenvalue weighted by Crippen LogP contribution is 2.45. The van der Waals surface area contributed by atoms with E-state index in [2.05, 4.69) is 25.7 Å². The van der Waals surface area contributed by atoms with Gasteiger partial charge in [-0.15, -0.1) is 37.1 Å². The Balaban J connectivity index is 0.00000363. The highest BCUT2D eigenvalue weighted by molar-refractivity contribution is 14.0. The largest absolute Gasteiger partial charge is 0.573 e. The van der Waals surface area contributed by atoms with Crippen LogP contribution in [0.5, 0.6) is 5.75 Å². The third kappa shape index (κ3) is 7.70. The number of para-hydroxylation sites is 1. The van der Waals surface area contributed by atoms with Crippen LogP contribution in [0.2, 0.25) is 0 Å². The summed E-state index contributed by atoms with van der Waals surface area (Å²) in [7, 11) is 1.67. The average Bonchev–Trinajstić information content (AvgIpc) is 3.45. The minimum Gasteiger partial charge on any atom is -0.405 e. The maximum absolute atomic E-state index is 12.7. The number of rotatable bonds is 6. The number of carbonyl (C=O) groups excluding carboxylic acids is 1. The van der Waals surface area contributed by atoms with Crippen LogP contribution in [0.15, 0.2) is 29.3 Å². The van der Waals surface area contributed by atoms with Crippen LogP contribution in [0.1, 0.15) is 57.4 Å². The molecule has 6 nitrogen and oxygen atoms in total. The second-order valence-corrected chi connectivity index (χ2v) is 8.62. The number of hydrogen-bond donors (Lipinski definition) is 3. The van der Waals surface area contributed by atoms with Crippen LogP contribution >= 0.6 is 24.0 Å². The fraction of sp³-hybridized carbons (Fsp3) is 0.636. The first-order valence-electron chi connectivity index (χ1n) is 10.8. The van der Waals surface area contributed by atoms with Crippen LogP contribution in [0, 0.1) is 5.92 Å². The van der Waals surface area contributed by atoms with Crippen LogP contribution < -0.4 is 20.7 Å². The molecule has 4 unspecified atom stereocenters. The van der Waals surface area contributed by atoms with Crippen molar-refractivity contribution in [3.63, 3.8) is 0 Å². The van der Waals surface area contributed by atoms with Gasteiger partial charge >= 0.3 is 6.36 Å². The first-order chi connectivity index (χ1) is 14.7. The van der Waals surface area contributed by atoms with E-state index in [4.69, 9.17) is 0 Å². The first kappa shape index (κ1) is 26.5. The Morgan fingerprint density at radius 1 is 1.16 bits per heavy atom. The zero-order valence-corrected chi connectivity index (χ0v) is 20.9. The molecule has 0 bridgehead atoms. The van der Waals surface area contributed by atoms with E-state index in [0.29, 0.717) is 17.9 Å². The van der Waals surface area contributed by atoms with Gasteiger partial charge in [0.2, 0.25) is 5.91 Å². The molecule has 1 amide bonds. The number of aliphatic imine (C=N–C) groups is 1. The van der Waals surface area contributed by atoms with Crippen LogP contribution in [0.3, 0.4) is 0 Å². The van der Waals surface area contributed by atoms with Crippen molar-refractivity contribution in [2.45, 2.75) is 76.4 Å². The van der Waals surface area contributed by atoms with Crippen molar-refractivity contribution in [3.8, 4) is 5.75 Å². The Morgan fingerprint density at radius 3 is 2.53 bits per heavy atom. The molecule has 10 heteroatoms. The van der Waals surface area contributed by atoms with Gasteiger partial charge in [-0.3, -0.25) is 9.79 Å². The van der Waals surface area contributed by atoms with E-state index >= 15 is 0 Å². The SMILES string of the molecule is CN=C(NC1CCCC(C(=O)NC(C)C)C1)NC1CC1c1ccccc1OC(F)(F)F.I. The number of guanidine groups is 1. The molecule has 0 radical (unpaired) electrons. The summed E-state index contributed by atoms with van der Waals surface area (Å²) in [4.78, 5) is 16.6. The molecule has 0 spiro atoms. The number of halogens is 4. The van der Waals surface area contributed by atoms with Crippen molar-refractivity contribution in [1.29, 1.82) is 0 Å². The fourth-order valence-electron chi connectivity index (χ4n) is 4.20. The summed E-state index contributed by atoms with van der Waals surface area (Å²) in [6.07, 6.45) is -0.505. The number of alkyl halides is 3. The Kier molecular flexibility index (Phi) is 9.47. The quantitative estimate of drug-likeness (QED) is 0.272. The van der Waals surface area contributed by atoms with Gasteiger partial charge in [0.1, 0.15) is 5.75 Å². The zero-order valence-electron chi connectivity index (χ0n) is 18.5. The number of nitrogens with one attached hydrogen (secondary N) is 3. The fourth-order valence-corrected chi connectivity index (χ4v) is 4.20. The van der Waals surface area contributed by atoms with Crippen LogP contribution in [0.25, 0.3) is 0 Å². The van der Waals surface area contributed by atoms with Crippen molar-refractivity contribution >= 4 is 35.8 Å². The molecule has 1 aromatic carbocycles. The molecule has 1 aromatic rings. The molecular formula is C22H32F3IN4O2. The molecule has 2 saturated carbocycles. The molecule has 3 rings (SSSR count). The summed E-state index contributed by atoms with van der Waals surface area (Å²) in [5.41, 5.74) is 0.538. The smallest absolute Gasteiger partial charge is 0.405 e. The molecular weight excluding hydrogens is 536 g/mol. The lowest BCUT2D eigenvalue weighted by Gasteiger charge is -2.30. The Bertz CT molecular complexity index is 804. The van der Waals surface area contributed by atoms with Crippen LogP contribution in [-0.2, 0) is 4.79 Å². The Labute approximate surface area is 204 Å². The van der Waals surface area contributed by atoms with Gasteiger partial charge in [-0.1, -0.05) is 24.6 Å². The van der Waals surface area contributed by atoms with E-state index in [1.54, 1.807) is 19.2 Å². The molecule has 32 heavy (non-hydrogen) atoms.